The zero-order valence-corrected chi connectivity index (χ0v) is 30.5. The highest BCUT2D eigenvalue weighted by Gasteiger charge is 2.76. The molecule has 0 aromatic heterocycles. The minimum Gasteiger partial charge on any atom is -0.458 e. The van der Waals surface area contributed by atoms with Gasteiger partial charge in [0.05, 0.1) is 28.7 Å². The van der Waals surface area contributed by atoms with E-state index >= 15 is 0 Å². The van der Waals surface area contributed by atoms with Crippen LogP contribution < -0.4 is 0 Å². The van der Waals surface area contributed by atoms with Gasteiger partial charge < -0.3 is 18.9 Å². The molecular weight excluding hydrogens is 691 g/mol. The molecule has 1 unspecified atom stereocenters. The van der Waals surface area contributed by atoms with E-state index < -0.39 is 29.6 Å². The van der Waals surface area contributed by atoms with Crippen molar-refractivity contribution >= 4 is 46.9 Å². The van der Waals surface area contributed by atoms with Crippen molar-refractivity contribution in [2.75, 3.05) is 6.61 Å². The Bertz CT molecular complexity index is 1830. The topological polar surface area (TPSA) is 109 Å². The summed E-state index contributed by atoms with van der Waals surface area (Å²) < 4.78 is 24.1. The third-order valence-corrected chi connectivity index (χ3v) is 13.9. The summed E-state index contributed by atoms with van der Waals surface area (Å²) in [5, 5.41) is 1.06. The van der Waals surface area contributed by atoms with Gasteiger partial charge in [-0.3, -0.25) is 4.79 Å². The number of carbonyl (C=O) groups excluding carboxylic acids is 4. The van der Waals surface area contributed by atoms with Crippen molar-refractivity contribution in [1.29, 1.82) is 0 Å². The highest BCUT2D eigenvalue weighted by atomic mass is 35.5. The molecule has 8 nitrogen and oxygen atoms in total. The Morgan fingerprint density at radius 3 is 2.27 bits per heavy atom. The van der Waals surface area contributed by atoms with E-state index in [9.17, 15) is 19.2 Å². The van der Waals surface area contributed by atoms with Crippen LogP contribution in [-0.2, 0) is 28.5 Å². The fraction of sp³-hybridized carbons (Fsp3) is 0.512. The lowest BCUT2D eigenvalue weighted by atomic mass is 9.49. The van der Waals surface area contributed by atoms with Gasteiger partial charge in [0.1, 0.15) is 18.3 Å². The molecule has 2 aromatic rings. The minimum atomic E-state index is -0.796. The molecule has 1 spiro atoms. The minimum absolute atomic E-state index is 0.0297. The molecule has 1 saturated heterocycles. The van der Waals surface area contributed by atoms with E-state index in [0.717, 1.165) is 37.7 Å². The molecule has 3 saturated carbocycles. The quantitative estimate of drug-likeness (QED) is 0.160. The fourth-order valence-electron chi connectivity index (χ4n) is 10.9. The average molecular weight is 734 g/mol. The molecule has 4 fully saturated rings. The van der Waals surface area contributed by atoms with Gasteiger partial charge in [-0.2, -0.15) is 0 Å². The Labute approximate surface area is 307 Å². The average Bonchev–Trinajstić information content (AvgIpc) is 3.72. The molecular formula is C41H42Cl2O8. The summed E-state index contributed by atoms with van der Waals surface area (Å²) >= 11 is 12.0. The molecule has 2 aliphatic heterocycles. The second-order valence-electron chi connectivity index (χ2n) is 15.8. The van der Waals surface area contributed by atoms with Crippen LogP contribution in [0.2, 0.25) is 10.0 Å². The summed E-state index contributed by atoms with van der Waals surface area (Å²) in [5.74, 6) is -0.293. The number of rotatable bonds is 7. The van der Waals surface area contributed by atoms with E-state index in [4.69, 9.17) is 42.1 Å². The lowest BCUT2D eigenvalue weighted by Crippen LogP contribution is -2.58. The number of epoxide rings is 1. The van der Waals surface area contributed by atoms with Crippen LogP contribution in [0, 0.1) is 40.9 Å². The second-order valence-corrected chi connectivity index (χ2v) is 16.7. The lowest BCUT2D eigenvalue weighted by molar-refractivity contribution is -0.152. The number of hydrogen-bond acceptors (Lipinski definition) is 8. The first-order valence-corrected chi connectivity index (χ1v) is 18.8. The third kappa shape index (κ3) is 5.77. The molecule has 0 N–H and O–H groups in total. The van der Waals surface area contributed by atoms with E-state index in [0.29, 0.717) is 50.9 Å². The largest absolute Gasteiger partial charge is 0.458 e. The number of cyclic esters (lactones) is 1. The standard InChI is InChI=1S/C41H42Cl2O8/c1-21-18-33(49-39(47)29(21)20-48-37(45)23-4-8-25(42)9-5-23)22(2)30-12-13-31-28-19-35-41(51-35)34(50-38(46)24-6-10-26(43)11-7-24)15-14-32(44)36(41)27(28)16-17-40(30,31)3/h4-11,14-15,22,27-28,30-31,33-36H,12-13,16-20H2,1-3H3/t22-,27-,28+,30+,31-,33+,34-,35+,36?,40+,41+/m0/s1. The Kier molecular flexibility index (Phi) is 8.75. The number of esters is 3. The Morgan fingerprint density at radius 1 is 0.941 bits per heavy atom. The van der Waals surface area contributed by atoms with Gasteiger partial charge in [0, 0.05) is 16.5 Å². The van der Waals surface area contributed by atoms with Crippen LogP contribution in [0.15, 0.2) is 71.8 Å². The van der Waals surface area contributed by atoms with Crippen LogP contribution in [0.3, 0.4) is 0 Å². The SMILES string of the molecule is CC1=C(COC(=O)c2ccc(Cl)cc2)C(=O)O[C@@H]([C@@H](C)[C@H]2CC[C@H]3[C@@H]4C[C@H]5O[C@@]56C(C(=O)C=C[C@@H]6OC(=O)c5ccc(Cl)cc5)[C@H]4CC[C@]23C)C1. The summed E-state index contributed by atoms with van der Waals surface area (Å²) in [6, 6.07) is 13.0. The highest BCUT2D eigenvalue weighted by Crippen LogP contribution is 2.69. The molecule has 0 amide bonds. The van der Waals surface area contributed by atoms with Crippen molar-refractivity contribution in [1.82, 2.24) is 0 Å². The third-order valence-electron chi connectivity index (χ3n) is 13.4. The molecule has 268 valence electrons. The number of benzene rings is 2. The maximum atomic E-state index is 13.7. The van der Waals surface area contributed by atoms with Gasteiger partial charge >= 0.3 is 17.9 Å². The zero-order chi connectivity index (χ0) is 35.8. The fourth-order valence-corrected chi connectivity index (χ4v) is 11.1. The number of ketones is 1. The number of fused-ring (bicyclic) bond motifs is 4. The van der Waals surface area contributed by atoms with Crippen LogP contribution in [0.4, 0.5) is 0 Å². The Balaban J connectivity index is 0.941. The number of ether oxygens (including phenoxy) is 4. The van der Waals surface area contributed by atoms with Gasteiger partial charge in [-0.15, -0.1) is 0 Å². The van der Waals surface area contributed by atoms with Crippen molar-refractivity contribution in [3.63, 3.8) is 0 Å². The van der Waals surface area contributed by atoms with Crippen molar-refractivity contribution in [3.8, 4) is 0 Å². The van der Waals surface area contributed by atoms with Crippen LogP contribution in [-0.4, -0.2) is 54.2 Å². The molecule has 4 aliphatic carbocycles. The van der Waals surface area contributed by atoms with E-state index in [1.807, 2.05) is 6.92 Å². The van der Waals surface area contributed by atoms with Crippen LogP contribution in [0.5, 0.6) is 0 Å². The van der Waals surface area contributed by atoms with Gasteiger partial charge in [0.15, 0.2) is 11.9 Å². The van der Waals surface area contributed by atoms with E-state index in [-0.39, 0.29) is 47.8 Å². The Morgan fingerprint density at radius 2 is 1.61 bits per heavy atom. The summed E-state index contributed by atoms with van der Waals surface area (Å²) in [6.07, 6.45) is 7.68. The molecule has 0 radical (unpaired) electrons. The van der Waals surface area contributed by atoms with Gasteiger partial charge in [-0.25, -0.2) is 14.4 Å². The van der Waals surface area contributed by atoms with Crippen LogP contribution in [0.25, 0.3) is 0 Å². The van der Waals surface area contributed by atoms with E-state index in [2.05, 4.69) is 13.8 Å². The number of carbonyl (C=O) groups is 4. The molecule has 51 heavy (non-hydrogen) atoms. The summed E-state index contributed by atoms with van der Waals surface area (Å²) in [5.41, 5.74) is 1.30. The molecule has 11 atom stereocenters. The second kappa shape index (κ2) is 12.9. The van der Waals surface area contributed by atoms with Crippen molar-refractivity contribution in [2.45, 2.75) is 83.2 Å². The van der Waals surface area contributed by atoms with Gasteiger partial charge in [0.2, 0.25) is 0 Å². The molecule has 6 aliphatic rings. The molecule has 8 rings (SSSR count). The van der Waals surface area contributed by atoms with Crippen LogP contribution in [0.1, 0.15) is 80.0 Å². The first kappa shape index (κ1) is 34.6. The van der Waals surface area contributed by atoms with E-state index in [1.54, 1.807) is 60.7 Å². The lowest BCUT2D eigenvalue weighted by Gasteiger charge is -2.54. The van der Waals surface area contributed by atoms with Gasteiger partial charge in [-0.1, -0.05) is 42.6 Å². The summed E-state index contributed by atoms with van der Waals surface area (Å²) in [6.45, 7) is 6.41. The van der Waals surface area contributed by atoms with Crippen molar-refractivity contribution in [3.05, 3.63) is 93.0 Å². The zero-order valence-electron chi connectivity index (χ0n) is 28.9. The first-order chi connectivity index (χ1) is 24.4. The van der Waals surface area contributed by atoms with E-state index in [1.165, 1.54) is 0 Å². The predicted molar refractivity (Wildman–Crippen MR) is 189 cm³/mol. The predicted octanol–water partition coefficient (Wildman–Crippen LogP) is 8.00. The molecule has 10 heteroatoms. The number of hydrogen-bond donors (Lipinski definition) is 0. The van der Waals surface area contributed by atoms with Gasteiger partial charge in [0.25, 0.3) is 0 Å². The number of halogens is 2. The molecule has 0 bridgehead atoms. The maximum absolute atomic E-state index is 13.7. The monoisotopic (exact) mass is 732 g/mol. The summed E-state index contributed by atoms with van der Waals surface area (Å²) in [7, 11) is 0. The Hall–Kier alpha value is -3.46. The highest BCUT2D eigenvalue weighted by molar-refractivity contribution is 6.31. The van der Waals surface area contributed by atoms with Crippen LogP contribution >= 0.6 is 23.2 Å². The van der Waals surface area contributed by atoms with Crippen molar-refractivity contribution < 1.29 is 38.1 Å². The molecule has 2 aromatic carbocycles. The first-order valence-electron chi connectivity index (χ1n) is 18.1. The smallest absolute Gasteiger partial charge is 0.338 e. The van der Waals surface area contributed by atoms with Gasteiger partial charge in [-0.05, 0) is 135 Å². The molecule has 2 heterocycles. The number of allylic oxidation sites excluding steroid dienone is 1. The van der Waals surface area contributed by atoms with Crippen molar-refractivity contribution in [2.24, 2.45) is 40.9 Å². The summed E-state index contributed by atoms with van der Waals surface area (Å²) in [4.78, 5) is 52.7. The maximum Gasteiger partial charge on any atom is 0.338 e. The normalized spacial score (nSPS) is 37.0.